The highest BCUT2D eigenvalue weighted by atomic mass is 16.5. The second-order valence-corrected chi connectivity index (χ2v) is 10.6. The number of methoxy groups -OCH3 is 2. The molecule has 2 aromatic carbocycles. The van der Waals surface area contributed by atoms with Gasteiger partial charge in [-0.25, -0.2) is 4.98 Å². The van der Waals surface area contributed by atoms with Gasteiger partial charge in [0.1, 0.15) is 5.82 Å². The topological polar surface area (TPSA) is 62.4 Å². The van der Waals surface area contributed by atoms with Crippen LogP contribution in [0.2, 0.25) is 0 Å². The van der Waals surface area contributed by atoms with Crippen molar-refractivity contribution in [2.75, 3.05) is 33.9 Å². The van der Waals surface area contributed by atoms with Crippen molar-refractivity contribution in [3.63, 3.8) is 0 Å². The Labute approximate surface area is 209 Å². The number of ether oxygens (including phenoxy) is 2. The summed E-state index contributed by atoms with van der Waals surface area (Å²) in [5.41, 5.74) is 5.85. The van der Waals surface area contributed by atoms with Gasteiger partial charge in [0.05, 0.1) is 25.3 Å². The summed E-state index contributed by atoms with van der Waals surface area (Å²) in [6, 6.07) is 12.1. The van der Waals surface area contributed by atoms with Gasteiger partial charge in [0.25, 0.3) is 0 Å². The molecule has 2 N–H and O–H groups in total. The second-order valence-electron chi connectivity index (χ2n) is 10.6. The minimum Gasteiger partial charge on any atom is -0.493 e. The van der Waals surface area contributed by atoms with E-state index in [1.807, 2.05) is 18.2 Å². The van der Waals surface area contributed by atoms with Gasteiger partial charge < -0.3 is 19.8 Å². The highest BCUT2D eigenvalue weighted by molar-refractivity contribution is 5.83. The van der Waals surface area contributed by atoms with E-state index in [2.05, 4.69) is 48.1 Å². The molecule has 6 heteroatoms. The first-order chi connectivity index (χ1) is 17.0. The number of fused-ring (bicyclic) bond motifs is 1. The van der Waals surface area contributed by atoms with Gasteiger partial charge in [-0.1, -0.05) is 19.9 Å². The SMILES string of the molecule is COc1ccc(-c2nc3c(C)cc(C4CCN(C5CCNCC5)[C@@H](C(C)C)C4)cc3[nH]2)cc1OC. The molecule has 0 amide bonds. The maximum atomic E-state index is 5.50. The maximum Gasteiger partial charge on any atom is 0.161 e. The van der Waals surface area contributed by atoms with Crippen LogP contribution in [0, 0.1) is 12.8 Å². The molecule has 6 nitrogen and oxygen atoms in total. The molecule has 0 saturated carbocycles. The van der Waals surface area contributed by atoms with Crippen LogP contribution in [0.1, 0.15) is 56.6 Å². The van der Waals surface area contributed by atoms with Crippen LogP contribution in [-0.4, -0.2) is 60.8 Å². The lowest BCUT2D eigenvalue weighted by Crippen LogP contribution is -2.53. The fourth-order valence-electron chi connectivity index (χ4n) is 6.24. The summed E-state index contributed by atoms with van der Waals surface area (Å²) < 4.78 is 10.9. The van der Waals surface area contributed by atoms with Crippen molar-refractivity contribution in [1.29, 1.82) is 0 Å². The molecule has 0 radical (unpaired) electrons. The number of hydrogen-bond donors (Lipinski definition) is 2. The average Bonchev–Trinajstić information content (AvgIpc) is 3.33. The van der Waals surface area contributed by atoms with E-state index in [1.54, 1.807) is 14.2 Å². The highest BCUT2D eigenvalue weighted by Gasteiger charge is 2.35. The van der Waals surface area contributed by atoms with Crippen LogP contribution >= 0.6 is 0 Å². The van der Waals surface area contributed by atoms with Gasteiger partial charge in [-0.2, -0.15) is 0 Å². The largest absolute Gasteiger partial charge is 0.493 e. The summed E-state index contributed by atoms with van der Waals surface area (Å²) in [4.78, 5) is 11.4. The van der Waals surface area contributed by atoms with Gasteiger partial charge in [-0.15, -0.1) is 0 Å². The number of aromatic amines is 1. The van der Waals surface area contributed by atoms with Crippen LogP contribution in [0.5, 0.6) is 11.5 Å². The van der Waals surface area contributed by atoms with E-state index in [0.29, 0.717) is 23.6 Å². The van der Waals surface area contributed by atoms with Crippen molar-refractivity contribution < 1.29 is 9.47 Å². The molecule has 1 unspecified atom stereocenters. The van der Waals surface area contributed by atoms with Crippen LogP contribution in [0.4, 0.5) is 0 Å². The number of nitrogens with one attached hydrogen (secondary N) is 2. The lowest BCUT2D eigenvalue weighted by Gasteiger charge is -2.47. The van der Waals surface area contributed by atoms with Crippen LogP contribution < -0.4 is 14.8 Å². The molecule has 188 valence electrons. The molecule has 35 heavy (non-hydrogen) atoms. The highest BCUT2D eigenvalue weighted by Crippen LogP contribution is 2.39. The number of piperidine rings is 2. The Morgan fingerprint density at radius 1 is 1.00 bits per heavy atom. The van der Waals surface area contributed by atoms with E-state index in [0.717, 1.165) is 47.3 Å². The van der Waals surface area contributed by atoms with E-state index in [-0.39, 0.29) is 0 Å². The Hall–Kier alpha value is -2.57. The van der Waals surface area contributed by atoms with Gasteiger partial charge in [-0.05, 0) is 99.5 Å². The van der Waals surface area contributed by atoms with E-state index < -0.39 is 0 Å². The average molecular weight is 477 g/mol. The molecular formula is C29H40N4O2. The Bertz CT molecular complexity index is 1160. The summed E-state index contributed by atoms with van der Waals surface area (Å²) in [5.74, 6) is 3.56. The quantitative estimate of drug-likeness (QED) is 0.491. The third kappa shape index (κ3) is 4.78. The number of H-pyrrole nitrogens is 1. The van der Waals surface area contributed by atoms with Gasteiger partial charge in [0, 0.05) is 17.6 Å². The molecule has 0 bridgehead atoms. The first kappa shape index (κ1) is 24.1. The lowest BCUT2D eigenvalue weighted by atomic mass is 9.79. The van der Waals surface area contributed by atoms with Crippen molar-refractivity contribution in [2.45, 2.75) is 64.5 Å². The Balaban J connectivity index is 1.41. The number of likely N-dealkylation sites (tertiary alicyclic amines) is 1. The van der Waals surface area contributed by atoms with Gasteiger partial charge in [0.15, 0.2) is 11.5 Å². The molecule has 2 aliphatic rings. The number of aromatic nitrogens is 2. The third-order valence-corrected chi connectivity index (χ3v) is 8.16. The molecule has 2 saturated heterocycles. The minimum atomic E-state index is 0.594. The normalized spacial score (nSPS) is 22.1. The molecule has 2 aliphatic heterocycles. The van der Waals surface area contributed by atoms with Gasteiger partial charge in [-0.3, -0.25) is 4.90 Å². The number of imidazole rings is 1. The van der Waals surface area contributed by atoms with Crippen LogP contribution in [0.3, 0.4) is 0 Å². The van der Waals surface area contributed by atoms with Crippen molar-refractivity contribution in [2.24, 2.45) is 5.92 Å². The predicted octanol–water partition coefficient (Wildman–Crippen LogP) is 5.51. The summed E-state index contributed by atoms with van der Waals surface area (Å²) in [6.45, 7) is 10.5. The van der Waals surface area contributed by atoms with E-state index >= 15 is 0 Å². The summed E-state index contributed by atoms with van der Waals surface area (Å²) in [7, 11) is 3.32. The smallest absolute Gasteiger partial charge is 0.161 e. The molecule has 3 aromatic rings. The zero-order valence-electron chi connectivity index (χ0n) is 21.9. The van der Waals surface area contributed by atoms with Crippen LogP contribution in [0.25, 0.3) is 22.4 Å². The first-order valence-corrected chi connectivity index (χ1v) is 13.2. The maximum absolute atomic E-state index is 5.50. The minimum absolute atomic E-state index is 0.594. The van der Waals surface area contributed by atoms with E-state index in [1.165, 1.54) is 43.4 Å². The van der Waals surface area contributed by atoms with Crippen molar-refractivity contribution in [3.05, 3.63) is 41.5 Å². The van der Waals surface area contributed by atoms with Crippen molar-refractivity contribution in [1.82, 2.24) is 20.2 Å². The lowest BCUT2D eigenvalue weighted by molar-refractivity contribution is 0.0431. The third-order valence-electron chi connectivity index (χ3n) is 8.16. The number of rotatable bonds is 6. The van der Waals surface area contributed by atoms with Crippen molar-refractivity contribution >= 4 is 11.0 Å². The Kier molecular flexibility index (Phi) is 7.03. The Morgan fingerprint density at radius 3 is 2.49 bits per heavy atom. The zero-order valence-corrected chi connectivity index (χ0v) is 21.9. The molecule has 0 aliphatic carbocycles. The fourth-order valence-corrected chi connectivity index (χ4v) is 6.24. The number of benzene rings is 2. The van der Waals surface area contributed by atoms with Crippen LogP contribution in [0.15, 0.2) is 30.3 Å². The Morgan fingerprint density at radius 2 is 1.77 bits per heavy atom. The number of nitrogens with zero attached hydrogens (tertiary/aromatic N) is 2. The monoisotopic (exact) mass is 476 g/mol. The van der Waals surface area contributed by atoms with Gasteiger partial charge in [0.2, 0.25) is 0 Å². The summed E-state index contributed by atoms with van der Waals surface area (Å²) in [6.07, 6.45) is 5.04. The first-order valence-electron chi connectivity index (χ1n) is 13.2. The van der Waals surface area contributed by atoms with Gasteiger partial charge >= 0.3 is 0 Å². The number of hydrogen-bond acceptors (Lipinski definition) is 5. The zero-order chi connectivity index (χ0) is 24.5. The molecular weight excluding hydrogens is 436 g/mol. The standard InChI is InChI=1S/C29H40N4O2/c1-18(2)25-16-20(10-13-33(25)23-8-11-30-12-9-23)22-14-19(3)28-24(15-22)31-29(32-28)21-6-7-26(34-4)27(17-21)35-5/h6-7,14-15,17-18,20,23,25,30H,8-13,16H2,1-5H3,(H,31,32)/t20?,25-/m1/s1. The number of aryl methyl sites for hydroxylation is 1. The molecule has 2 fully saturated rings. The molecule has 2 atom stereocenters. The second kappa shape index (κ2) is 10.2. The molecule has 3 heterocycles. The van der Waals surface area contributed by atoms with E-state index in [4.69, 9.17) is 14.5 Å². The van der Waals surface area contributed by atoms with E-state index in [9.17, 15) is 0 Å². The van der Waals surface area contributed by atoms with Crippen molar-refractivity contribution in [3.8, 4) is 22.9 Å². The molecule has 0 spiro atoms. The van der Waals surface area contributed by atoms with Crippen LogP contribution in [-0.2, 0) is 0 Å². The predicted molar refractivity (Wildman–Crippen MR) is 143 cm³/mol. The summed E-state index contributed by atoms with van der Waals surface area (Å²) in [5, 5.41) is 3.53. The molecule has 5 rings (SSSR count). The summed E-state index contributed by atoms with van der Waals surface area (Å²) >= 11 is 0. The fraction of sp³-hybridized carbons (Fsp3) is 0.552. The molecule has 1 aromatic heterocycles.